The molecule has 5 fully saturated rings. The maximum Gasteiger partial charge on any atom is 0.187 e. The van der Waals surface area contributed by atoms with Crippen molar-refractivity contribution in [2.45, 2.75) is 155 Å². The van der Waals surface area contributed by atoms with E-state index in [-0.39, 0.29) is 11.0 Å². The van der Waals surface area contributed by atoms with E-state index in [9.17, 15) is 15.3 Å². The summed E-state index contributed by atoms with van der Waals surface area (Å²) in [5.41, 5.74) is 0.386. The third-order valence-electron chi connectivity index (χ3n) is 12.8. The lowest BCUT2D eigenvalue weighted by atomic mass is 9.47. The minimum Gasteiger partial charge on any atom is -0.391 e. The zero-order valence-corrected chi connectivity index (χ0v) is 25.4. The van der Waals surface area contributed by atoms with Crippen LogP contribution < -0.4 is 0 Å². The Labute approximate surface area is 232 Å². The van der Waals surface area contributed by atoms with Crippen LogP contribution in [0.3, 0.4) is 0 Å². The zero-order chi connectivity index (χ0) is 27.6. The van der Waals surface area contributed by atoms with E-state index in [1.54, 1.807) is 6.92 Å². The van der Waals surface area contributed by atoms with Crippen LogP contribution in [0.15, 0.2) is 0 Å². The fraction of sp³-hybridized carbons (Fsp3) is 1.00. The fourth-order valence-corrected chi connectivity index (χ4v) is 11.1. The van der Waals surface area contributed by atoms with Gasteiger partial charge in [-0.2, -0.15) is 0 Å². The van der Waals surface area contributed by atoms with Gasteiger partial charge < -0.3 is 24.8 Å². The average Bonchev–Trinajstić information content (AvgIpc) is 3.42. The number of ether oxygens (including phenoxy) is 2. The predicted octanol–water partition coefficient (Wildman–Crippen LogP) is 6.32. The molecule has 14 atom stereocenters. The average molecular weight is 535 g/mol. The van der Waals surface area contributed by atoms with Crippen molar-refractivity contribution in [3.05, 3.63) is 0 Å². The monoisotopic (exact) mass is 534 g/mol. The number of hydrogen-bond acceptors (Lipinski definition) is 5. The van der Waals surface area contributed by atoms with Gasteiger partial charge in [-0.25, -0.2) is 0 Å². The first-order chi connectivity index (χ1) is 17.8. The highest BCUT2D eigenvalue weighted by Crippen LogP contribution is 2.70. The van der Waals surface area contributed by atoms with Crippen LogP contribution in [0.5, 0.6) is 0 Å². The highest BCUT2D eigenvalue weighted by Gasteiger charge is 2.64. The predicted molar refractivity (Wildman–Crippen MR) is 150 cm³/mol. The quantitative estimate of drug-likeness (QED) is 0.340. The van der Waals surface area contributed by atoms with Gasteiger partial charge in [-0.05, 0) is 117 Å². The molecule has 0 aromatic heterocycles. The molecule has 0 radical (unpaired) electrons. The van der Waals surface area contributed by atoms with Crippen molar-refractivity contribution in [1.29, 1.82) is 0 Å². The Hall–Kier alpha value is -0.200. The van der Waals surface area contributed by atoms with Gasteiger partial charge >= 0.3 is 0 Å². The summed E-state index contributed by atoms with van der Waals surface area (Å²) in [5, 5.41) is 31.0. The van der Waals surface area contributed by atoms with E-state index in [0.717, 1.165) is 48.3 Å². The molecule has 0 bridgehead atoms. The number of aliphatic hydroxyl groups is 3. The zero-order valence-electron chi connectivity index (χ0n) is 25.4. The summed E-state index contributed by atoms with van der Waals surface area (Å²) in [4.78, 5) is 0. The summed E-state index contributed by atoms with van der Waals surface area (Å²) in [6.45, 7) is 16.3. The third-order valence-corrected chi connectivity index (χ3v) is 12.8. The molecule has 1 saturated heterocycles. The molecule has 0 aromatic carbocycles. The Kier molecular flexibility index (Phi) is 8.15. The highest BCUT2D eigenvalue weighted by molar-refractivity contribution is 5.13. The molecule has 5 nitrogen and oxygen atoms in total. The molecule has 4 aliphatic carbocycles. The van der Waals surface area contributed by atoms with Gasteiger partial charge in [-0.3, -0.25) is 0 Å². The Balaban J connectivity index is 1.26. The molecule has 1 heterocycles. The molecule has 5 aliphatic rings. The Morgan fingerprint density at radius 1 is 0.868 bits per heavy atom. The van der Waals surface area contributed by atoms with Gasteiger partial charge in [0.15, 0.2) is 6.29 Å². The maximum absolute atomic E-state index is 10.6. The normalized spacial score (nSPS) is 52.0. The lowest BCUT2D eigenvalue weighted by Gasteiger charge is -2.58. The van der Waals surface area contributed by atoms with Crippen molar-refractivity contribution in [3.63, 3.8) is 0 Å². The second kappa shape index (κ2) is 10.6. The van der Waals surface area contributed by atoms with E-state index in [2.05, 4.69) is 41.5 Å². The van der Waals surface area contributed by atoms with Gasteiger partial charge in [0.05, 0.1) is 11.7 Å². The van der Waals surface area contributed by atoms with Crippen molar-refractivity contribution in [2.24, 2.45) is 52.3 Å². The van der Waals surface area contributed by atoms with Gasteiger partial charge in [0.25, 0.3) is 0 Å². The van der Waals surface area contributed by atoms with Crippen LogP contribution in [0.25, 0.3) is 0 Å². The summed E-state index contributed by atoms with van der Waals surface area (Å²) in [6.07, 6.45) is 9.58. The van der Waals surface area contributed by atoms with Crippen LogP contribution in [0.1, 0.15) is 119 Å². The first kappa shape index (κ1) is 29.3. The summed E-state index contributed by atoms with van der Waals surface area (Å²) < 4.78 is 12.4. The summed E-state index contributed by atoms with van der Waals surface area (Å²) in [5.74, 6) is 5.64. The minimum atomic E-state index is -1.12. The first-order valence-corrected chi connectivity index (χ1v) is 16.2. The highest BCUT2D eigenvalue weighted by atomic mass is 16.7. The van der Waals surface area contributed by atoms with Gasteiger partial charge in [0.1, 0.15) is 18.3 Å². The first-order valence-electron chi connectivity index (χ1n) is 16.2. The number of rotatable bonds is 8. The van der Waals surface area contributed by atoms with Crippen LogP contribution in [0.2, 0.25) is 0 Å². The van der Waals surface area contributed by atoms with E-state index >= 15 is 0 Å². The molecule has 1 aliphatic heterocycles. The second-order valence-corrected chi connectivity index (χ2v) is 15.8. The van der Waals surface area contributed by atoms with Crippen LogP contribution in [0.4, 0.5) is 0 Å². The molecule has 0 amide bonds. The van der Waals surface area contributed by atoms with Gasteiger partial charge in [0.2, 0.25) is 0 Å². The van der Waals surface area contributed by atoms with Crippen molar-refractivity contribution in [1.82, 2.24) is 0 Å². The topological polar surface area (TPSA) is 79.2 Å². The Morgan fingerprint density at radius 2 is 1.58 bits per heavy atom. The van der Waals surface area contributed by atoms with E-state index < -0.39 is 30.7 Å². The van der Waals surface area contributed by atoms with Crippen LogP contribution >= 0.6 is 0 Å². The van der Waals surface area contributed by atoms with Crippen molar-refractivity contribution in [2.75, 3.05) is 0 Å². The third kappa shape index (κ3) is 4.93. The lowest BCUT2D eigenvalue weighted by Crippen LogP contribution is -2.51. The van der Waals surface area contributed by atoms with E-state index in [1.165, 1.54) is 57.8 Å². The van der Waals surface area contributed by atoms with Crippen LogP contribution in [0, 0.1) is 52.3 Å². The summed E-state index contributed by atoms with van der Waals surface area (Å²) in [7, 11) is 0. The summed E-state index contributed by atoms with van der Waals surface area (Å²) in [6, 6.07) is 0. The van der Waals surface area contributed by atoms with Gasteiger partial charge in [-0.1, -0.05) is 53.9 Å². The second-order valence-electron chi connectivity index (χ2n) is 15.8. The molecular weight excluding hydrogens is 476 g/mol. The Bertz CT molecular complexity index is 830. The lowest BCUT2D eigenvalue weighted by molar-refractivity contribution is -0.229. The number of hydrogen-bond donors (Lipinski definition) is 3. The van der Waals surface area contributed by atoms with Crippen molar-refractivity contribution < 1.29 is 24.8 Å². The SMILES string of the molecule is CC(C)CCC[C@@H](C)[C@H]1CC[C@H]2[C@@H]3CC[C@H]4C[C@@](C)(O[C@@H]5O[C@@H]([C@@H](C)O)[C@H](O)[C@H]5O)C[C@]4(C)[C@H]3CC[C@]12C. The van der Waals surface area contributed by atoms with E-state index in [1.807, 2.05) is 0 Å². The van der Waals surface area contributed by atoms with Gasteiger partial charge in [-0.15, -0.1) is 0 Å². The molecule has 0 spiro atoms. The fourth-order valence-electron chi connectivity index (χ4n) is 11.1. The number of fused-ring (bicyclic) bond motifs is 5. The Morgan fingerprint density at radius 3 is 2.24 bits per heavy atom. The largest absolute Gasteiger partial charge is 0.391 e. The standard InChI is InChI=1S/C33H58O5/c1-19(2)9-8-10-20(3)24-13-14-25-23-12-11-22-17-31(5,18-33(22,7)26(23)15-16-32(24,25)6)38-30-28(36)27(35)29(37-30)21(4)34/h19-30,34-36H,8-18H2,1-7H3/t20-,21-,22+,23+,24-,25+,26+,27-,28-,29+,30+,31-,32-,33+/m1/s1. The van der Waals surface area contributed by atoms with Crippen LogP contribution in [-0.2, 0) is 9.47 Å². The molecule has 38 heavy (non-hydrogen) atoms. The molecular formula is C33H58O5. The van der Waals surface area contributed by atoms with Gasteiger partial charge in [0, 0.05) is 0 Å². The molecule has 4 saturated carbocycles. The molecule has 5 rings (SSSR count). The molecule has 5 heteroatoms. The molecule has 3 N–H and O–H groups in total. The van der Waals surface area contributed by atoms with E-state index in [0.29, 0.717) is 11.3 Å². The van der Waals surface area contributed by atoms with Crippen LogP contribution in [-0.4, -0.2) is 51.6 Å². The maximum atomic E-state index is 10.6. The smallest absolute Gasteiger partial charge is 0.187 e. The molecule has 0 aromatic rings. The number of aliphatic hydroxyl groups excluding tert-OH is 3. The van der Waals surface area contributed by atoms with Crippen molar-refractivity contribution >= 4 is 0 Å². The molecule has 220 valence electrons. The molecule has 0 unspecified atom stereocenters. The summed E-state index contributed by atoms with van der Waals surface area (Å²) >= 11 is 0. The van der Waals surface area contributed by atoms with Crippen molar-refractivity contribution in [3.8, 4) is 0 Å². The van der Waals surface area contributed by atoms with E-state index in [4.69, 9.17) is 9.47 Å². The minimum absolute atomic E-state index is 0.256.